The quantitative estimate of drug-likeness (QED) is 0.662. The van der Waals surface area contributed by atoms with Crippen LogP contribution in [0.3, 0.4) is 0 Å². The average molecular weight is 423 g/mol. The number of piperazine rings is 1. The van der Waals surface area contributed by atoms with Crippen molar-refractivity contribution in [2.24, 2.45) is 5.92 Å². The lowest BCUT2D eigenvalue weighted by atomic mass is 10.0. The summed E-state index contributed by atoms with van der Waals surface area (Å²) >= 11 is 0. The smallest absolute Gasteiger partial charge is 0.323 e. The number of anilines is 3. The fraction of sp³-hybridized carbons (Fsp3) is 0.440. The van der Waals surface area contributed by atoms with E-state index in [1.165, 1.54) is 5.56 Å². The Hall–Kier alpha value is -3.02. The summed E-state index contributed by atoms with van der Waals surface area (Å²) in [6.07, 6.45) is 2.74. The minimum atomic E-state index is -0.255. The fourth-order valence-corrected chi connectivity index (χ4v) is 4.00. The third-order valence-electron chi connectivity index (χ3n) is 6.01. The molecule has 6 nitrogen and oxygen atoms in total. The van der Waals surface area contributed by atoms with E-state index in [2.05, 4.69) is 36.3 Å². The second-order valence-corrected chi connectivity index (χ2v) is 8.01. The van der Waals surface area contributed by atoms with E-state index in [0.29, 0.717) is 5.91 Å². The maximum Gasteiger partial charge on any atom is 0.323 e. The van der Waals surface area contributed by atoms with Crippen LogP contribution in [0.25, 0.3) is 0 Å². The highest BCUT2D eigenvalue weighted by Gasteiger charge is 2.25. The van der Waals surface area contributed by atoms with Gasteiger partial charge in [0, 0.05) is 49.2 Å². The number of hydrogen-bond donors (Lipinski definition) is 2. The highest BCUT2D eigenvalue weighted by molar-refractivity contribution is 5.99. The Kier molecular flexibility index (Phi) is 7.93. The lowest BCUT2D eigenvalue weighted by molar-refractivity contribution is -0.136. The van der Waals surface area contributed by atoms with Gasteiger partial charge in [-0.1, -0.05) is 32.9 Å². The summed E-state index contributed by atoms with van der Waals surface area (Å²) in [7, 11) is 0. The third-order valence-corrected chi connectivity index (χ3v) is 6.01. The first kappa shape index (κ1) is 22.7. The molecule has 1 aliphatic heterocycles. The monoisotopic (exact) mass is 422 g/mol. The first-order valence-electron chi connectivity index (χ1n) is 11.3. The summed E-state index contributed by atoms with van der Waals surface area (Å²) in [6, 6.07) is 15.5. The van der Waals surface area contributed by atoms with Gasteiger partial charge in [-0.05, 0) is 61.2 Å². The average Bonchev–Trinajstić information content (AvgIpc) is 2.80. The molecular weight excluding hydrogens is 388 g/mol. The third kappa shape index (κ3) is 6.00. The highest BCUT2D eigenvalue weighted by Crippen LogP contribution is 2.21. The van der Waals surface area contributed by atoms with Crippen LogP contribution in [0.15, 0.2) is 48.5 Å². The molecule has 2 N–H and O–H groups in total. The van der Waals surface area contributed by atoms with Gasteiger partial charge in [-0.15, -0.1) is 0 Å². The molecule has 6 heteroatoms. The maximum atomic E-state index is 12.6. The minimum Gasteiger partial charge on any atom is -0.368 e. The molecule has 1 fully saturated rings. The molecule has 0 aromatic heterocycles. The van der Waals surface area contributed by atoms with E-state index in [1.807, 2.05) is 53.4 Å². The van der Waals surface area contributed by atoms with Crippen molar-refractivity contribution in [3.63, 3.8) is 0 Å². The largest absolute Gasteiger partial charge is 0.368 e. The number of carbonyl (C=O) groups excluding carboxylic acids is 2. The van der Waals surface area contributed by atoms with Gasteiger partial charge in [0.05, 0.1) is 0 Å². The van der Waals surface area contributed by atoms with Crippen LogP contribution in [0.4, 0.5) is 21.9 Å². The van der Waals surface area contributed by atoms with Crippen LogP contribution >= 0.6 is 0 Å². The van der Waals surface area contributed by atoms with Gasteiger partial charge in [0.1, 0.15) is 0 Å². The van der Waals surface area contributed by atoms with Crippen LogP contribution in [0, 0.1) is 5.92 Å². The Morgan fingerprint density at radius 2 is 1.52 bits per heavy atom. The van der Waals surface area contributed by atoms with Gasteiger partial charge in [0.2, 0.25) is 5.91 Å². The summed E-state index contributed by atoms with van der Waals surface area (Å²) in [5.74, 6) is 0.437. The van der Waals surface area contributed by atoms with E-state index in [0.717, 1.165) is 62.5 Å². The van der Waals surface area contributed by atoms with Crippen molar-refractivity contribution in [3.8, 4) is 0 Å². The molecule has 0 atom stereocenters. The van der Waals surface area contributed by atoms with Crippen LogP contribution in [0.2, 0.25) is 0 Å². The molecule has 2 aromatic rings. The lowest BCUT2D eigenvalue weighted by Gasteiger charge is -2.37. The Bertz CT molecular complexity index is 869. The number of urea groups is 1. The Morgan fingerprint density at radius 1 is 0.871 bits per heavy atom. The lowest BCUT2D eigenvalue weighted by Crippen LogP contribution is -2.50. The van der Waals surface area contributed by atoms with Crippen molar-refractivity contribution in [2.45, 2.75) is 40.0 Å². The van der Waals surface area contributed by atoms with Crippen LogP contribution in [-0.2, 0) is 11.2 Å². The highest BCUT2D eigenvalue weighted by atomic mass is 16.2. The Balaban J connectivity index is 1.51. The van der Waals surface area contributed by atoms with E-state index in [-0.39, 0.29) is 11.9 Å². The van der Waals surface area contributed by atoms with Gasteiger partial charge in [-0.25, -0.2) is 4.79 Å². The van der Waals surface area contributed by atoms with Crippen molar-refractivity contribution in [1.29, 1.82) is 0 Å². The van der Waals surface area contributed by atoms with Crippen molar-refractivity contribution < 1.29 is 9.59 Å². The number of aryl methyl sites for hydroxylation is 1. The van der Waals surface area contributed by atoms with E-state index in [1.54, 1.807) is 0 Å². The zero-order valence-corrected chi connectivity index (χ0v) is 18.9. The summed E-state index contributed by atoms with van der Waals surface area (Å²) in [5.41, 5.74) is 3.82. The predicted molar refractivity (Wildman–Crippen MR) is 128 cm³/mol. The molecular formula is C25H34N4O2. The number of amides is 3. The van der Waals surface area contributed by atoms with Crippen molar-refractivity contribution in [1.82, 2.24) is 4.90 Å². The van der Waals surface area contributed by atoms with Crippen molar-refractivity contribution in [3.05, 3.63) is 54.1 Å². The van der Waals surface area contributed by atoms with Gasteiger partial charge in [0.15, 0.2) is 0 Å². The van der Waals surface area contributed by atoms with Gasteiger partial charge in [0.25, 0.3) is 0 Å². The van der Waals surface area contributed by atoms with Crippen LogP contribution in [0.5, 0.6) is 0 Å². The van der Waals surface area contributed by atoms with E-state index >= 15 is 0 Å². The van der Waals surface area contributed by atoms with Gasteiger partial charge in [-0.3, -0.25) is 4.79 Å². The van der Waals surface area contributed by atoms with E-state index in [9.17, 15) is 9.59 Å². The molecule has 31 heavy (non-hydrogen) atoms. The second-order valence-electron chi connectivity index (χ2n) is 8.01. The molecule has 166 valence electrons. The van der Waals surface area contributed by atoms with Crippen molar-refractivity contribution >= 4 is 29.0 Å². The number of benzene rings is 2. The summed E-state index contributed by atoms with van der Waals surface area (Å²) < 4.78 is 0. The molecule has 0 aliphatic carbocycles. The number of carbonyl (C=O) groups is 2. The van der Waals surface area contributed by atoms with Gasteiger partial charge < -0.3 is 20.4 Å². The molecule has 2 aromatic carbocycles. The number of hydrogen-bond acceptors (Lipinski definition) is 3. The van der Waals surface area contributed by atoms with E-state index < -0.39 is 0 Å². The number of nitrogens with one attached hydrogen (secondary N) is 2. The first-order chi connectivity index (χ1) is 15.0. The first-order valence-corrected chi connectivity index (χ1v) is 11.3. The molecule has 1 saturated heterocycles. The van der Waals surface area contributed by atoms with Crippen LogP contribution in [-0.4, -0.2) is 43.0 Å². The minimum absolute atomic E-state index is 0.146. The zero-order chi connectivity index (χ0) is 22.2. The normalized spacial score (nSPS) is 13.9. The Morgan fingerprint density at radius 3 is 2.13 bits per heavy atom. The molecule has 0 unspecified atom stereocenters. The van der Waals surface area contributed by atoms with Crippen molar-refractivity contribution in [2.75, 3.05) is 41.7 Å². The van der Waals surface area contributed by atoms with Gasteiger partial charge in [-0.2, -0.15) is 0 Å². The van der Waals surface area contributed by atoms with E-state index in [4.69, 9.17) is 0 Å². The second kappa shape index (κ2) is 10.8. The molecule has 0 bridgehead atoms. The number of rotatable bonds is 7. The fourth-order valence-electron chi connectivity index (χ4n) is 4.00. The summed E-state index contributed by atoms with van der Waals surface area (Å²) in [5, 5.41) is 5.76. The predicted octanol–water partition coefficient (Wildman–Crippen LogP) is 4.98. The molecule has 0 radical (unpaired) electrons. The summed E-state index contributed by atoms with van der Waals surface area (Å²) in [6.45, 7) is 9.43. The van der Waals surface area contributed by atoms with Crippen LogP contribution in [0.1, 0.15) is 39.2 Å². The summed E-state index contributed by atoms with van der Waals surface area (Å²) in [4.78, 5) is 29.2. The standard InChI is InChI=1S/C25H34N4O2/c1-4-19-8-7-9-22(18-19)27-25(31)26-21-10-12-23(13-11-21)28-14-16-29(17-15-28)24(30)20(5-2)6-3/h7-13,18,20H,4-6,14-17H2,1-3H3,(H2,26,27,31). The van der Waals surface area contributed by atoms with Gasteiger partial charge >= 0.3 is 6.03 Å². The molecule has 1 heterocycles. The molecule has 3 rings (SSSR count). The zero-order valence-electron chi connectivity index (χ0n) is 18.9. The van der Waals surface area contributed by atoms with Crippen LogP contribution < -0.4 is 15.5 Å². The molecule has 1 aliphatic rings. The molecule has 0 saturated carbocycles. The molecule has 0 spiro atoms. The SMILES string of the molecule is CCc1cccc(NC(=O)Nc2ccc(N3CCN(C(=O)C(CC)CC)CC3)cc2)c1. The maximum absolute atomic E-state index is 12.6. The topological polar surface area (TPSA) is 64.7 Å². The molecule has 3 amide bonds. The Labute approximate surface area is 185 Å². The number of nitrogens with zero attached hydrogens (tertiary/aromatic N) is 2.